The van der Waals surface area contributed by atoms with E-state index in [1.807, 2.05) is 0 Å². The zero-order chi connectivity index (χ0) is 38.9. The minimum absolute atomic E-state index is 0.000607. The molecular formula is C37H61N5O10. The molecule has 0 aromatic heterocycles. The Morgan fingerprint density at radius 2 is 1.15 bits per heavy atom. The highest BCUT2D eigenvalue weighted by atomic mass is 16.4. The van der Waals surface area contributed by atoms with Gasteiger partial charge in [0, 0.05) is 19.9 Å². The smallest absolute Gasteiger partial charge is 0.305 e. The number of carbonyl (C=O) groups is 6. The van der Waals surface area contributed by atoms with Crippen LogP contribution < -0.4 is 26.6 Å². The number of likely N-dealkylation sites (N-methyl/N-ethyl adjacent to an activating group) is 1. The fraction of sp³-hybridized carbons (Fsp3) is 0.676. The molecule has 9 N–H and O–H groups in total. The summed E-state index contributed by atoms with van der Waals surface area (Å²) in [5.41, 5.74) is 0.599. The molecule has 1 aromatic carbocycles. The monoisotopic (exact) mass is 735 g/mol. The van der Waals surface area contributed by atoms with Crippen molar-refractivity contribution in [2.24, 2.45) is 0 Å². The average Bonchev–Trinajstić information content (AvgIpc) is 3.10. The molecule has 15 heteroatoms. The van der Waals surface area contributed by atoms with Crippen molar-refractivity contribution in [1.29, 1.82) is 0 Å². The van der Waals surface area contributed by atoms with Gasteiger partial charge in [-0.1, -0.05) is 96.1 Å². The molecule has 1 rings (SSSR count). The number of nitrogens with one attached hydrogen (secondary N) is 5. The largest absolute Gasteiger partial charge is 0.508 e. The number of carboxylic acids is 1. The van der Waals surface area contributed by atoms with Crippen LogP contribution in [-0.4, -0.2) is 99.9 Å². The summed E-state index contributed by atoms with van der Waals surface area (Å²) in [6.07, 6.45) is 12.9. The number of unbranched alkanes of at least 4 members (excludes halogenated alkanes) is 12. The quantitative estimate of drug-likeness (QED) is 0.0567. The average molecular weight is 736 g/mol. The van der Waals surface area contributed by atoms with Crippen LogP contribution in [0, 0.1) is 0 Å². The highest BCUT2D eigenvalue weighted by Gasteiger charge is 2.33. The first-order valence-electron chi connectivity index (χ1n) is 18.5. The van der Waals surface area contributed by atoms with Gasteiger partial charge < -0.3 is 47.0 Å². The summed E-state index contributed by atoms with van der Waals surface area (Å²) >= 11 is 0. The van der Waals surface area contributed by atoms with E-state index in [0.717, 1.165) is 19.3 Å². The molecule has 0 heterocycles. The molecule has 294 valence electrons. The minimum atomic E-state index is -1.69. The fourth-order valence-electron chi connectivity index (χ4n) is 5.59. The highest BCUT2D eigenvalue weighted by Crippen LogP contribution is 2.14. The Morgan fingerprint density at radius 1 is 0.654 bits per heavy atom. The number of carboxylic acid groups (broad SMARTS) is 1. The van der Waals surface area contributed by atoms with E-state index < -0.39 is 72.9 Å². The fourth-order valence-corrected chi connectivity index (χ4v) is 5.59. The maximum atomic E-state index is 13.4. The van der Waals surface area contributed by atoms with E-state index in [1.165, 1.54) is 83.9 Å². The Hall–Kier alpha value is -4.24. The molecular weight excluding hydrogens is 674 g/mol. The Kier molecular flexibility index (Phi) is 23.4. The van der Waals surface area contributed by atoms with Gasteiger partial charge >= 0.3 is 5.97 Å². The van der Waals surface area contributed by atoms with Crippen molar-refractivity contribution in [3.8, 4) is 5.75 Å². The molecule has 1 aromatic rings. The molecule has 5 atom stereocenters. The summed E-state index contributed by atoms with van der Waals surface area (Å²) in [5.74, 6) is -5.50. The van der Waals surface area contributed by atoms with E-state index in [1.54, 1.807) is 12.1 Å². The zero-order valence-electron chi connectivity index (χ0n) is 31.0. The Morgan fingerprint density at radius 3 is 1.63 bits per heavy atom. The molecule has 15 nitrogen and oxygen atoms in total. The third-order valence-corrected chi connectivity index (χ3v) is 8.67. The minimum Gasteiger partial charge on any atom is -0.508 e. The van der Waals surface area contributed by atoms with Crippen LogP contribution in [0.5, 0.6) is 5.75 Å². The standard InChI is InChI=1S/C37H61N5O10/c1-4-5-6-7-8-9-10-11-12-13-14-15-16-17-31(46)39-28(22-26-18-20-27(45)21-19-26)35(50)41-30(24-43)36(51)42-33(25(2)44)37(52)40-29(23-32(47)48)34(49)38-3/h18-21,25,28-30,33,43-45H,4-17,22-24H2,1-3H3,(H,38,49)(H,39,46)(H,40,52)(H,41,50)(H,42,51)(H,47,48)/t25-,28+,29+,30+,33+/m1/s1. The number of phenolic OH excluding ortho intramolecular Hbond substituents is 1. The van der Waals surface area contributed by atoms with Crippen molar-refractivity contribution < 1.29 is 49.2 Å². The van der Waals surface area contributed by atoms with Crippen LogP contribution in [-0.2, 0) is 35.2 Å². The molecule has 0 aliphatic rings. The molecule has 0 fully saturated rings. The first-order chi connectivity index (χ1) is 24.8. The number of aliphatic hydroxyl groups is 2. The number of benzene rings is 1. The molecule has 5 amide bonds. The van der Waals surface area contributed by atoms with Crippen molar-refractivity contribution >= 4 is 35.5 Å². The van der Waals surface area contributed by atoms with E-state index in [4.69, 9.17) is 5.11 Å². The van der Waals surface area contributed by atoms with Gasteiger partial charge in [-0.05, 0) is 31.0 Å². The van der Waals surface area contributed by atoms with Crippen molar-refractivity contribution in [3.63, 3.8) is 0 Å². The van der Waals surface area contributed by atoms with E-state index >= 15 is 0 Å². The van der Waals surface area contributed by atoms with Crippen LogP contribution in [0.25, 0.3) is 0 Å². The second-order valence-corrected chi connectivity index (χ2v) is 13.2. The summed E-state index contributed by atoms with van der Waals surface area (Å²) in [4.78, 5) is 75.6. The van der Waals surface area contributed by atoms with Gasteiger partial charge in [-0.15, -0.1) is 0 Å². The molecule has 0 bridgehead atoms. The van der Waals surface area contributed by atoms with Gasteiger partial charge in [0.25, 0.3) is 0 Å². The molecule has 0 aliphatic carbocycles. The predicted octanol–water partition coefficient (Wildman–Crippen LogP) is 1.95. The third kappa shape index (κ3) is 19.4. The normalized spacial score (nSPS) is 13.9. The topological polar surface area (TPSA) is 243 Å². The molecule has 0 unspecified atom stereocenters. The number of hydrogen-bond donors (Lipinski definition) is 9. The SMILES string of the molecule is CCCCCCCCCCCCCCCC(=O)N[C@@H](Cc1ccc(O)cc1)C(=O)N[C@@H](CO)C(=O)N[C@H](C(=O)N[C@@H](CC(=O)O)C(=O)NC)[C@@H](C)O. The van der Waals surface area contributed by atoms with Crippen LogP contribution in [0.1, 0.15) is 116 Å². The highest BCUT2D eigenvalue weighted by molar-refractivity contribution is 5.96. The molecule has 52 heavy (non-hydrogen) atoms. The number of amides is 5. The summed E-state index contributed by atoms with van der Waals surface area (Å²) < 4.78 is 0. The lowest BCUT2D eigenvalue weighted by Crippen LogP contribution is -2.61. The number of carbonyl (C=O) groups excluding carboxylic acids is 5. The van der Waals surface area contributed by atoms with Crippen molar-refractivity contribution in [2.45, 2.75) is 147 Å². The van der Waals surface area contributed by atoms with Crippen molar-refractivity contribution in [2.75, 3.05) is 13.7 Å². The van der Waals surface area contributed by atoms with E-state index in [2.05, 4.69) is 33.5 Å². The van der Waals surface area contributed by atoms with Gasteiger partial charge in [0.05, 0.1) is 19.1 Å². The van der Waals surface area contributed by atoms with Gasteiger partial charge in [-0.25, -0.2) is 0 Å². The lowest BCUT2D eigenvalue weighted by Gasteiger charge is -2.26. The maximum absolute atomic E-state index is 13.4. The van der Waals surface area contributed by atoms with Gasteiger partial charge in [0.2, 0.25) is 29.5 Å². The number of aromatic hydroxyl groups is 1. The lowest BCUT2D eigenvalue weighted by atomic mass is 10.0. The second kappa shape index (κ2) is 26.5. The second-order valence-electron chi connectivity index (χ2n) is 13.2. The van der Waals surface area contributed by atoms with Gasteiger partial charge in [0.15, 0.2) is 0 Å². The van der Waals surface area contributed by atoms with Crippen LogP contribution in [0.2, 0.25) is 0 Å². The van der Waals surface area contributed by atoms with E-state index in [9.17, 15) is 44.1 Å². The van der Waals surface area contributed by atoms with Crippen molar-refractivity contribution in [3.05, 3.63) is 29.8 Å². The van der Waals surface area contributed by atoms with Crippen LogP contribution in [0.3, 0.4) is 0 Å². The zero-order valence-corrected chi connectivity index (χ0v) is 31.0. The summed E-state index contributed by atoms with van der Waals surface area (Å²) in [5, 5.41) is 50.7. The number of hydrogen-bond acceptors (Lipinski definition) is 9. The molecule has 0 spiro atoms. The first-order valence-corrected chi connectivity index (χ1v) is 18.5. The Balaban J connectivity index is 2.78. The van der Waals surface area contributed by atoms with E-state index in [-0.39, 0.29) is 24.5 Å². The van der Waals surface area contributed by atoms with Gasteiger partial charge in [0.1, 0.15) is 29.9 Å². The predicted molar refractivity (Wildman–Crippen MR) is 195 cm³/mol. The number of aliphatic carboxylic acids is 1. The van der Waals surface area contributed by atoms with Crippen LogP contribution in [0.4, 0.5) is 0 Å². The molecule has 0 saturated carbocycles. The summed E-state index contributed by atoms with van der Waals surface area (Å²) in [6, 6.07) is 0.0282. The number of phenols is 1. The maximum Gasteiger partial charge on any atom is 0.305 e. The lowest BCUT2D eigenvalue weighted by molar-refractivity contribution is -0.141. The third-order valence-electron chi connectivity index (χ3n) is 8.67. The van der Waals surface area contributed by atoms with Crippen molar-refractivity contribution in [1.82, 2.24) is 26.6 Å². The van der Waals surface area contributed by atoms with Gasteiger partial charge in [-0.2, -0.15) is 0 Å². The summed E-state index contributed by atoms with van der Waals surface area (Å²) in [6.45, 7) is 2.48. The summed E-state index contributed by atoms with van der Waals surface area (Å²) in [7, 11) is 1.24. The van der Waals surface area contributed by atoms with Gasteiger partial charge in [-0.3, -0.25) is 28.8 Å². The first kappa shape index (κ1) is 45.8. The molecule has 0 aliphatic heterocycles. The molecule has 0 saturated heterocycles. The number of aliphatic hydroxyl groups excluding tert-OH is 2. The van der Waals surface area contributed by atoms with E-state index in [0.29, 0.717) is 12.0 Å². The Bertz CT molecular complexity index is 1240. The Labute approximate surface area is 307 Å². The molecule has 0 radical (unpaired) electrons. The van der Waals surface area contributed by atoms with Crippen LogP contribution >= 0.6 is 0 Å². The number of rotatable bonds is 28. The van der Waals surface area contributed by atoms with Crippen LogP contribution in [0.15, 0.2) is 24.3 Å².